The highest BCUT2D eigenvalue weighted by atomic mass is 15.3. The predicted molar refractivity (Wildman–Crippen MR) is 109 cm³/mol. The lowest BCUT2D eigenvalue weighted by molar-refractivity contribution is 0.382. The van der Waals surface area contributed by atoms with Crippen molar-refractivity contribution >= 4 is 16.6 Å². The summed E-state index contributed by atoms with van der Waals surface area (Å²) in [6.45, 7) is 4.94. The summed E-state index contributed by atoms with van der Waals surface area (Å²) in [6.07, 6.45) is 2.32. The van der Waals surface area contributed by atoms with E-state index in [0.29, 0.717) is 5.92 Å². The van der Waals surface area contributed by atoms with Gasteiger partial charge in [0.05, 0.1) is 12.1 Å². The molecule has 0 spiro atoms. The van der Waals surface area contributed by atoms with Crippen LogP contribution in [0.15, 0.2) is 30.3 Å². The maximum Gasteiger partial charge on any atom is 0.146 e. The molecule has 0 aliphatic carbocycles. The minimum Gasteiger partial charge on any atom is -0.370 e. The minimum absolute atomic E-state index is 0.402. The minimum atomic E-state index is 0.402. The molecule has 1 aromatic carbocycles. The average Bonchev–Trinajstić information content (AvgIpc) is 3.01. The Bertz CT molecular complexity index is 945. The Hall–Kier alpha value is -2.47. The Morgan fingerprint density at radius 1 is 1.19 bits per heavy atom. The van der Waals surface area contributed by atoms with Gasteiger partial charge in [0.1, 0.15) is 11.6 Å². The van der Waals surface area contributed by atoms with Gasteiger partial charge in [0, 0.05) is 42.8 Å². The van der Waals surface area contributed by atoms with Crippen molar-refractivity contribution in [2.24, 2.45) is 7.05 Å². The number of fused-ring (bicyclic) bond motifs is 1. The zero-order chi connectivity index (χ0) is 19.0. The maximum absolute atomic E-state index is 4.70. The fourth-order valence-corrected chi connectivity index (χ4v) is 4.11. The Morgan fingerprint density at radius 3 is 2.81 bits per heavy atom. The first-order chi connectivity index (χ1) is 13.0. The van der Waals surface area contributed by atoms with Crippen molar-refractivity contribution in [1.82, 2.24) is 24.6 Å². The molecule has 2 aromatic heterocycles. The number of aromatic nitrogens is 4. The molecule has 0 radical (unpaired) electrons. The average molecular weight is 364 g/mol. The van der Waals surface area contributed by atoms with Crippen LogP contribution in [0.5, 0.6) is 0 Å². The van der Waals surface area contributed by atoms with Gasteiger partial charge >= 0.3 is 0 Å². The molecule has 3 aromatic rings. The molecule has 6 nitrogen and oxygen atoms in total. The third kappa shape index (κ3) is 3.54. The lowest BCUT2D eigenvalue weighted by Gasteiger charge is -2.34. The highest BCUT2D eigenvalue weighted by Crippen LogP contribution is 2.33. The molecule has 0 amide bonds. The fraction of sp³-hybridized carbons (Fsp3) is 0.476. The van der Waals surface area contributed by atoms with E-state index in [1.54, 1.807) is 0 Å². The Kier molecular flexibility index (Phi) is 4.83. The van der Waals surface area contributed by atoms with E-state index < -0.39 is 0 Å². The van der Waals surface area contributed by atoms with Crippen LogP contribution in [0.3, 0.4) is 0 Å². The van der Waals surface area contributed by atoms with E-state index in [1.807, 2.05) is 0 Å². The summed E-state index contributed by atoms with van der Waals surface area (Å²) in [5.74, 6) is 2.53. The van der Waals surface area contributed by atoms with Gasteiger partial charge in [-0.05, 0) is 46.0 Å². The number of hydrogen-bond donors (Lipinski definition) is 0. The molecular weight excluding hydrogens is 336 g/mol. The number of para-hydroxylation sites is 1. The molecule has 1 aliphatic rings. The van der Waals surface area contributed by atoms with Gasteiger partial charge in [-0.2, -0.15) is 0 Å². The SMILES string of the molecule is Cc1cc(N2CCCC(c3nnc(CN(C)C)n3C)C2)c2ccccc2n1. The molecule has 6 heteroatoms. The standard InChI is InChI=1S/C21H28N6/c1-15-12-19(17-9-5-6-10-18(17)22-15)27-11-7-8-16(13-27)21-24-23-20(26(21)4)14-25(2)3/h5-6,9-10,12,16H,7-8,11,13-14H2,1-4H3. The van der Waals surface area contributed by atoms with Crippen molar-refractivity contribution in [2.45, 2.75) is 32.2 Å². The van der Waals surface area contributed by atoms with Gasteiger partial charge in [-0.3, -0.25) is 4.98 Å². The van der Waals surface area contributed by atoms with E-state index in [9.17, 15) is 0 Å². The van der Waals surface area contributed by atoms with Gasteiger partial charge in [0.2, 0.25) is 0 Å². The Labute approximate surface area is 160 Å². The molecule has 0 saturated carbocycles. The molecule has 0 N–H and O–H groups in total. The smallest absolute Gasteiger partial charge is 0.146 e. The lowest BCUT2D eigenvalue weighted by Crippen LogP contribution is -2.35. The first-order valence-electron chi connectivity index (χ1n) is 9.67. The summed E-state index contributed by atoms with van der Waals surface area (Å²) in [6, 6.07) is 10.7. The van der Waals surface area contributed by atoms with E-state index in [-0.39, 0.29) is 0 Å². The van der Waals surface area contributed by atoms with Crippen LogP contribution in [0.4, 0.5) is 5.69 Å². The quantitative estimate of drug-likeness (QED) is 0.712. The topological polar surface area (TPSA) is 50.1 Å². The number of pyridine rings is 1. The van der Waals surface area contributed by atoms with Crippen molar-refractivity contribution in [2.75, 3.05) is 32.1 Å². The molecule has 4 rings (SSSR count). The van der Waals surface area contributed by atoms with Crippen molar-refractivity contribution in [1.29, 1.82) is 0 Å². The van der Waals surface area contributed by atoms with Gasteiger partial charge in [0.15, 0.2) is 0 Å². The largest absolute Gasteiger partial charge is 0.370 e. The third-order valence-electron chi connectivity index (χ3n) is 5.41. The number of nitrogens with zero attached hydrogens (tertiary/aromatic N) is 6. The summed E-state index contributed by atoms with van der Waals surface area (Å²) in [7, 11) is 6.22. The van der Waals surface area contributed by atoms with Gasteiger partial charge in [-0.15, -0.1) is 10.2 Å². The molecule has 1 fully saturated rings. The second-order valence-electron chi connectivity index (χ2n) is 7.86. The molecule has 1 unspecified atom stereocenters. The molecule has 3 heterocycles. The summed E-state index contributed by atoms with van der Waals surface area (Å²) in [4.78, 5) is 9.33. The monoisotopic (exact) mass is 364 g/mol. The van der Waals surface area contributed by atoms with Crippen LogP contribution in [0, 0.1) is 6.92 Å². The summed E-state index contributed by atoms with van der Waals surface area (Å²) < 4.78 is 2.18. The van der Waals surface area contributed by atoms with Crippen LogP contribution in [-0.2, 0) is 13.6 Å². The number of rotatable bonds is 4. The normalized spacial score (nSPS) is 17.8. The van der Waals surface area contributed by atoms with E-state index >= 15 is 0 Å². The predicted octanol–water partition coefficient (Wildman–Crippen LogP) is 3.12. The summed E-state index contributed by atoms with van der Waals surface area (Å²) in [5, 5.41) is 10.2. The fourth-order valence-electron chi connectivity index (χ4n) is 4.11. The van der Waals surface area contributed by atoms with Gasteiger partial charge < -0.3 is 14.4 Å². The third-order valence-corrected chi connectivity index (χ3v) is 5.41. The molecule has 1 saturated heterocycles. The van der Waals surface area contributed by atoms with Gasteiger partial charge in [-0.25, -0.2) is 0 Å². The van der Waals surface area contributed by atoms with Crippen LogP contribution in [-0.4, -0.2) is 51.8 Å². The van der Waals surface area contributed by atoms with E-state index in [4.69, 9.17) is 4.98 Å². The zero-order valence-corrected chi connectivity index (χ0v) is 16.7. The number of benzene rings is 1. The summed E-state index contributed by atoms with van der Waals surface area (Å²) in [5.41, 5.74) is 3.43. The molecule has 0 bridgehead atoms. The van der Waals surface area contributed by atoms with Gasteiger partial charge in [0.25, 0.3) is 0 Å². The van der Waals surface area contributed by atoms with E-state index in [1.165, 1.54) is 11.1 Å². The molecule has 1 atom stereocenters. The van der Waals surface area contributed by atoms with Crippen LogP contribution in [0.25, 0.3) is 10.9 Å². The van der Waals surface area contributed by atoms with E-state index in [0.717, 1.165) is 55.3 Å². The first-order valence-corrected chi connectivity index (χ1v) is 9.67. The highest BCUT2D eigenvalue weighted by molar-refractivity contribution is 5.92. The van der Waals surface area contributed by atoms with Crippen molar-refractivity contribution in [3.63, 3.8) is 0 Å². The van der Waals surface area contributed by atoms with Crippen molar-refractivity contribution in [3.05, 3.63) is 47.7 Å². The number of hydrogen-bond acceptors (Lipinski definition) is 5. The van der Waals surface area contributed by atoms with Crippen LogP contribution >= 0.6 is 0 Å². The highest BCUT2D eigenvalue weighted by Gasteiger charge is 2.27. The summed E-state index contributed by atoms with van der Waals surface area (Å²) >= 11 is 0. The van der Waals surface area contributed by atoms with Crippen molar-refractivity contribution < 1.29 is 0 Å². The van der Waals surface area contributed by atoms with E-state index in [2.05, 4.69) is 83.0 Å². The lowest BCUT2D eigenvalue weighted by atomic mass is 9.96. The maximum atomic E-state index is 4.70. The first kappa shape index (κ1) is 17.9. The molecule has 27 heavy (non-hydrogen) atoms. The number of piperidine rings is 1. The van der Waals surface area contributed by atoms with Crippen LogP contribution in [0.1, 0.15) is 36.1 Å². The van der Waals surface area contributed by atoms with Crippen LogP contribution in [0.2, 0.25) is 0 Å². The zero-order valence-electron chi connectivity index (χ0n) is 16.7. The molecular formula is C21H28N6. The van der Waals surface area contributed by atoms with Crippen LogP contribution < -0.4 is 4.90 Å². The second kappa shape index (κ2) is 7.27. The molecule has 1 aliphatic heterocycles. The second-order valence-corrected chi connectivity index (χ2v) is 7.86. The van der Waals surface area contributed by atoms with Gasteiger partial charge in [-0.1, -0.05) is 18.2 Å². The van der Waals surface area contributed by atoms with Crippen molar-refractivity contribution in [3.8, 4) is 0 Å². The Balaban J connectivity index is 1.64. The molecule has 142 valence electrons. The number of aryl methyl sites for hydroxylation is 1. The number of anilines is 1. The Morgan fingerprint density at radius 2 is 2.00 bits per heavy atom.